The Balaban J connectivity index is 1.91. The summed E-state index contributed by atoms with van der Waals surface area (Å²) < 4.78 is 64.6. The van der Waals surface area contributed by atoms with Crippen molar-refractivity contribution in [1.82, 2.24) is 0 Å². The molecule has 0 saturated carbocycles. The van der Waals surface area contributed by atoms with Gasteiger partial charge in [0, 0.05) is 11.1 Å². The highest BCUT2D eigenvalue weighted by atomic mass is 19.2. The van der Waals surface area contributed by atoms with E-state index in [2.05, 4.69) is 9.98 Å². The number of halogens is 4. The van der Waals surface area contributed by atoms with Gasteiger partial charge in [-0.05, 0) is 46.2 Å². The summed E-state index contributed by atoms with van der Waals surface area (Å²) in [5.41, 5.74) is 0.105. The van der Waals surface area contributed by atoms with Crippen LogP contribution < -0.4 is 20.0 Å². The molecule has 0 aliphatic carbocycles. The summed E-state index contributed by atoms with van der Waals surface area (Å²) in [7, 11) is -6.83. The second kappa shape index (κ2) is 9.31. The van der Waals surface area contributed by atoms with E-state index in [1.165, 1.54) is 12.1 Å². The SMILES string of the molecule is CC(C)(C)c1ccc2c(c1)C(=O)c1c(OB(F)F)c3c(c(OB(F)F)c1=N2)C(=O)c1cc(C(C)(C)C)ccc1N=3. The molecule has 0 atom stereocenters. The maximum Gasteiger partial charge on any atom is 0.796 e. The largest absolute Gasteiger partial charge is 0.796 e. The highest BCUT2D eigenvalue weighted by Crippen LogP contribution is 2.38. The number of benzene rings is 3. The van der Waals surface area contributed by atoms with Crippen LogP contribution in [0.15, 0.2) is 46.4 Å². The van der Waals surface area contributed by atoms with E-state index >= 15 is 0 Å². The number of ketones is 2. The van der Waals surface area contributed by atoms with Crippen LogP contribution in [0, 0.1) is 0 Å². The molecular weight excluding hydrogens is 526 g/mol. The van der Waals surface area contributed by atoms with Crippen molar-refractivity contribution in [1.29, 1.82) is 0 Å². The molecule has 0 bridgehead atoms. The highest BCUT2D eigenvalue weighted by molar-refractivity contribution is 6.36. The van der Waals surface area contributed by atoms with E-state index in [0.29, 0.717) is 0 Å². The molecule has 12 heteroatoms. The molecule has 0 amide bonds. The summed E-state index contributed by atoms with van der Waals surface area (Å²) >= 11 is 0. The Morgan fingerprint density at radius 3 is 1.27 bits per heavy atom. The van der Waals surface area contributed by atoms with Gasteiger partial charge in [0.1, 0.15) is 22.2 Å². The molecule has 0 spiro atoms. The average Bonchev–Trinajstić information content (AvgIpc) is 2.84. The lowest BCUT2D eigenvalue weighted by Gasteiger charge is -2.25. The predicted octanol–water partition coefficient (Wildman–Crippen LogP) is 5.88. The maximum atomic E-state index is 13.8. The molecule has 0 radical (unpaired) electrons. The van der Waals surface area contributed by atoms with Gasteiger partial charge in [0.2, 0.25) is 11.6 Å². The van der Waals surface area contributed by atoms with Crippen molar-refractivity contribution in [3.8, 4) is 11.5 Å². The minimum absolute atomic E-state index is 0.0688. The van der Waals surface area contributed by atoms with Gasteiger partial charge >= 0.3 is 14.9 Å². The molecule has 6 nitrogen and oxygen atoms in total. The number of hydrogen-bond donors (Lipinski definition) is 0. The van der Waals surface area contributed by atoms with Gasteiger partial charge in [-0.2, -0.15) is 0 Å². The Labute approximate surface area is 228 Å². The monoisotopic (exact) mass is 550 g/mol. The quantitative estimate of drug-likeness (QED) is 0.207. The van der Waals surface area contributed by atoms with E-state index < -0.39 is 59.8 Å². The predicted molar refractivity (Wildman–Crippen MR) is 142 cm³/mol. The first-order valence-electron chi connectivity index (χ1n) is 12.5. The third-order valence-electron chi connectivity index (χ3n) is 6.90. The molecule has 0 aromatic heterocycles. The van der Waals surface area contributed by atoms with Crippen LogP contribution in [0.4, 0.5) is 28.6 Å². The van der Waals surface area contributed by atoms with E-state index in [1.54, 1.807) is 24.3 Å². The van der Waals surface area contributed by atoms with E-state index in [4.69, 9.17) is 9.31 Å². The second-order valence-electron chi connectivity index (χ2n) is 11.7. The summed E-state index contributed by atoms with van der Waals surface area (Å²) in [6.45, 7) is 11.6. The first-order valence-corrected chi connectivity index (χ1v) is 12.5. The molecule has 5 rings (SSSR count). The van der Waals surface area contributed by atoms with Crippen molar-refractivity contribution in [2.24, 2.45) is 9.98 Å². The minimum atomic E-state index is -3.42. The third-order valence-corrected chi connectivity index (χ3v) is 6.90. The van der Waals surface area contributed by atoms with Crippen molar-refractivity contribution in [2.75, 3.05) is 0 Å². The first kappa shape index (κ1) is 27.6. The molecule has 204 valence electrons. The van der Waals surface area contributed by atoms with E-state index in [1.807, 2.05) is 41.5 Å². The molecule has 2 aliphatic heterocycles. The Kier molecular flexibility index (Phi) is 6.43. The number of hydrogen-bond acceptors (Lipinski definition) is 6. The molecular formula is C28H24B2F4N2O4. The van der Waals surface area contributed by atoms with E-state index in [9.17, 15) is 26.9 Å². The lowest BCUT2D eigenvalue weighted by Crippen LogP contribution is -2.37. The molecule has 0 N–H and O–H groups in total. The standard InChI is InChI=1S/C28H24B2F4N2O4/c1-27(2,3)13-7-9-17-15(11-13)23(37)19-21(35-17)26(40-30(33)34)20-22(25(19)39-29(31)32)36-18-10-8-14(28(4,5)6)12-16(18)24(20)38/h7-12H,1-6H3. The van der Waals surface area contributed by atoms with E-state index in [-0.39, 0.29) is 33.3 Å². The zero-order chi connectivity index (χ0) is 29.3. The lowest BCUT2D eigenvalue weighted by atomic mass is 9.83. The maximum absolute atomic E-state index is 13.8. The topological polar surface area (TPSA) is 77.3 Å². The Morgan fingerprint density at radius 1 is 0.625 bits per heavy atom. The number of rotatable bonds is 4. The van der Waals surface area contributed by atoms with Crippen LogP contribution in [0.5, 0.6) is 11.5 Å². The lowest BCUT2D eigenvalue weighted by molar-refractivity contribution is 0.101. The minimum Gasteiger partial charge on any atom is -0.503 e. The van der Waals surface area contributed by atoms with Crippen LogP contribution in [0.2, 0.25) is 0 Å². The van der Waals surface area contributed by atoms with Gasteiger partial charge in [-0.15, -0.1) is 0 Å². The van der Waals surface area contributed by atoms with Gasteiger partial charge in [-0.3, -0.25) is 9.59 Å². The zero-order valence-corrected chi connectivity index (χ0v) is 22.7. The van der Waals surface area contributed by atoms with Gasteiger partial charge in [0.25, 0.3) is 0 Å². The van der Waals surface area contributed by atoms with Crippen molar-refractivity contribution in [2.45, 2.75) is 52.4 Å². The van der Waals surface area contributed by atoms with Crippen molar-refractivity contribution < 1.29 is 36.2 Å². The van der Waals surface area contributed by atoms with Crippen LogP contribution in [0.1, 0.15) is 84.5 Å². The summed E-state index contributed by atoms with van der Waals surface area (Å²) in [5, 5.41) is -0.982. The highest BCUT2D eigenvalue weighted by Gasteiger charge is 2.39. The Hall–Kier alpha value is -3.95. The summed E-state index contributed by atoms with van der Waals surface area (Å²) in [6, 6.07) is 9.69. The summed E-state index contributed by atoms with van der Waals surface area (Å²) in [4.78, 5) is 36.4. The second-order valence-corrected chi connectivity index (χ2v) is 11.7. The Morgan fingerprint density at radius 2 is 0.975 bits per heavy atom. The molecule has 2 aliphatic rings. The first-order chi connectivity index (χ1) is 18.6. The van der Waals surface area contributed by atoms with E-state index in [0.717, 1.165) is 11.1 Å². The molecule has 3 aromatic carbocycles. The smallest absolute Gasteiger partial charge is 0.503 e. The van der Waals surface area contributed by atoms with Gasteiger partial charge in [0.15, 0.2) is 0 Å². The van der Waals surface area contributed by atoms with Crippen molar-refractivity contribution >= 4 is 37.9 Å². The van der Waals surface area contributed by atoms with Crippen LogP contribution in [0.25, 0.3) is 0 Å². The molecule has 0 saturated heterocycles. The van der Waals surface area contributed by atoms with Crippen LogP contribution in [-0.4, -0.2) is 26.5 Å². The van der Waals surface area contributed by atoms with Crippen LogP contribution in [-0.2, 0) is 10.8 Å². The molecule has 0 fully saturated rings. The average molecular weight is 550 g/mol. The van der Waals surface area contributed by atoms with Gasteiger partial charge < -0.3 is 9.31 Å². The summed E-state index contributed by atoms with van der Waals surface area (Å²) in [5.74, 6) is -3.03. The number of carbonyl (C=O) groups is 2. The number of fused-ring (bicyclic) bond motifs is 4. The van der Waals surface area contributed by atoms with Crippen molar-refractivity contribution in [3.63, 3.8) is 0 Å². The van der Waals surface area contributed by atoms with Gasteiger partial charge in [0.05, 0.1) is 22.5 Å². The van der Waals surface area contributed by atoms with Crippen LogP contribution in [0.3, 0.4) is 0 Å². The zero-order valence-electron chi connectivity index (χ0n) is 22.7. The van der Waals surface area contributed by atoms with Gasteiger partial charge in [-0.25, -0.2) is 27.2 Å². The van der Waals surface area contributed by atoms with Crippen molar-refractivity contribution in [3.05, 3.63) is 80.5 Å². The van der Waals surface area contributed by atoms with Gasteiger partial charge in [-0.1, -0.05) is 53.7 Å². The molecule has 40 heavy (non-hydrogen) atoms. The third kappa shape index (κ3) is 4.59. The fourth-order valence-electron chi connectivity index (χ4n) is 4.80. The normalized spacial score (nSPS) is 13.8. The fraction of sp³-hybridized carbons (Fsp3) is 0.286. The molecule has 0 unspecified atom stereocenters. The number of carbonyl (C=O) groups excluding carboxylic acids is 2. The fourth-order valence-corrected chi connectivity index (χ4v) is 4.80. The van der Waals surface area contributed by atoms with Crippen LogP contribution >= 0.6 is 0 Å². The number of nitrogens with zero attached hydrogens (tertiary/aromatic N) is 2. The molecule has 2 heterocycles. The molecule has 3 aromatic rings. The summed E-state index contributed by atoms with van der Waals surface area (Å²) in [6.07, 6.45) is 0. The Bertz CT molecular complexity index is 1600.